The number of amides is 1. The molecule has 0 aliphatic carbocycles. The fourth-order valence-electron chi connectivity index (χ4n) is 3.81. The van der Waals surface area contributed by atoms with E-state index >= 15 is 0 Å². The molecule has 1 amide bonds. The zero-order valence-electron chi connectivity index (χ0n) is 18.4. The van der Waals surface area contributed by atoms with Crippen LogP contribution in [0.15, 0.2) is 0 Å². The van der Waals surface area contributed by atoms with Gasteiger partial charge in [-0.1, -0.05) is 0 Å². The van der Waals surface area contributed by atoms with Crippen LogP contribution in [0.4, 0.5) is 0 Å². The van der Waals surface area contributed by atoms with Crippen LogP contribution in [-0.4, -0.2) is 146 Å². The number of carbonyl (C=O) groups is 1. The molecule has 14 heteroatoms. The van der Waals surface area contributed by atoms with Gasteiger partial charge in [-0.3, -0.25) is 4.79 Å². The van der Waals surface area contributed by atoms with Crippen LogP contribution < -0.4 is 5.73 Å². The van der Waals surface area contributed by atoms with E-state index in [1.165, 1.54) is 11.8 Å². The van der Waals surface area contributed by atoms with Crippen molar-refractivity contribution in [1.29, 1.82) is 0 Å². The highest BCUT2D eigenvalue weighted by atomic mass is 32.2. The van der Waals surface area contributed by atoms with Gasteiger partial charge in [-0.15, -0.1) is 0 Å². The highest BCUT2D eigenvalue weighted by Gasteiger charge is 2.51. The number of rotatable bonds is 11. The molecule has 2 fully saturated rings. The summed E-state index contributed by atoms with van der Waals surface area (Å²) in [7, 11) is 0. The standard InChI is InChI=1S/C19H36N2O11S/c1-9(24)21(4-2-5-33-6-3-20)18-15(28)14(27)17(11(8-23)30-18)32-19-16(29)13(26)12(25)10(7-22)31-19/h10-19,22-23,25-29H,2-8,20H2,1H3/t10-,11-,12+,13+,14-,15-,16-,17-,18-,19+/m1/s1. The second-order valence-corrected chi connectivity index (χ2v) is 9.22. The number of hydrogen-bond acceptors (Lipinski definition) is 13. The molecule has 0 bridgehead atoms. The Labute approximate surface area is 196 Å². The fourth-order valence-corrected chi connectivity index (χ4v) is 4.52. The van der Waals surface area contributed by atoms with Crippen molar-refractivity contribution in [2.24, 2.45) is 5.73 Å². The molecule has 0 aromatic carbocycles. The minimum absolute atomic E-state index is 0.234. The highest BCUT2D eigenvalue weighted by molar-refractivity contribution is 7.99. The molecule has 0 spiro atoms. The Kier molecular flexibility index (Phi) is 11.7. The zero-order valence-corrected chi connectivity index (χ0v) is 19.2. The molecule has 0 aromatic rings. The summed E-state index contributed by atoms with van der Waals surface area (Å²) in [6, 6.07) is 0. The van der Waals surface area contributed by atoms with Crippen molar-refractivity contribution in [2.45, 2.75) is 74.7 Å². The zero-order chi connectivity index (χ0) is 24.7. The molecular formula is C19H36N2O11S. The number of aliphatic hydroxyl groups is 7. The minimum Gasteiger partial charge on any atom is -0.394 e. The molecule has 9 N–H and O–H groups in total. The first-order valence-corrected chi connectivity index (χ1v) is 12.0. The maximum absolute atomic E-state index is 12.2. The van der Waals surface area contributed by atoms with Gasteiger partial charge in [-0.2, -0.15) is 11.8 Å². The molecule has 2 saturated heterocycles. The SMILES string of the molecule is CC(=O)N(CCCSCCN)[C@@H]1O[C@H](CO)[C@@H](O[C@@H]2O[C@H](CO)[C@H](O)[C@H](O)[C@H]2O)[C@H](O)[C@H]1O. The summed E-state index contributed by atoms with van der Waals surface area (Å²) in [5.41, 5.74) is 5.45. The second kappa shape index (κ2) is 13.5. The number of nitrogens with two attached hydrogens (primary N) is 1. The van der Waals surface area contributed by atoms with E-state index in [4.69, 9.17) is 19.9 Å². The topological polar surface area (TPSA) is 216 Å². The van der Waals surface area contributed by atoms with E-state index in [1.54, 1.807) is 11.8 Å². The summed E-state index contributed by atoms with van der Waals surface area (Å²) in [6.45, 7) is 0.712. The Morgan fingerprint density at radius 3 is 2.18 bits per heavy atom. The number of aliphatic hydroxyl groups excluding tert-OH is 7. The maximum atomic E-state index is 12.2. The average Bonchev–Trinajstić information content (AvgIpc) is 2.79. The molecule has 2 heterocycles. The van der Waals surface area contributed by atoms with Crippen LogP contribution in [0, 0.1) is 0 Å². The number of hydrogen-bond donors (Lipinski definition) is 8. The monoisotopic (exact) mass is 500 g/mol. The van der Waals surface area contributed by atoms with Crippen LogP contribution in [0.1, 0.15) is 13.3 Å². The Morgan fingerprint density at radius 2 is 1.61 bits per heavy atom. The van der Waals surface area contributed by atoms with E-state index in [0.29, 0.717) is 13.0 Å². The first kappa shape index (κ1) is 28.6. The maximum Gasteiger partial charge on any atom is 0.221 e. The van der Waals surface area contributed by atoms with Gasteiger partial charge in [0.2, 0.25) is 5.91 Å². The molecule has 194 valence electrons. The van der Waals surface area contributed by atoms with Gasteiger partial charge < -0.3 is 60.6 Å². The van der Waals surface area contributed by atoms with E-state index in [0.717, 1.165) is 11.5 Å². The lowest BCUT2D eigenvalue weighted by atomic mass is 9.96. The Bertz CT molecular complexity index is 602. The van der Waals surface area contributed by atoms with Gasteiger partial charge in [-0.25, -0.2) is 0 Å². The largest absolute Gasteiger partial charge is 0.394 e. The molecule has 2 aliphatic rings. The number of carbonyl (C=O) groups excluding carboxylic acids is 1. The minimum atomic E-state index is -1.75. The summed E-state index contributed by atoms with van der Waals surface area (Å²) in [6.07, 6.45) is -14.5. The number of nitrogens with zero attached hydrogens (tertiary/aromatic N) is 1. The van der Waals surface area contributed by atoms with Gasteiger partial charge in [0.1, 0.15) is 48.8 Å². The van der Waals surface area contributed by atoms with E-state index in [-0.39, 0.29) is 6.54 Å². The first-order chi connectivity index (χ1) is 15.7. The van der Waals surface area contributed by atoms with Crippen molar-refractivity contribution < 1.29 is 54.8 Å². The van der Waals surface area contributed by atoms with Gasteiger partial charge in [0.15, 0.2) is 12.5 Å². The van der Waals surface area contributed by atoms with Crippen molar-refractivity contribution in [2.75, 3.05) is 37.8 Å². The molecule has 13 nitrogen and oxygen atoms in total. The molecular weight excluding hydrogens is 464 g/mol. The highest BCUT2D eigenvalue weighted by Crippen LogP contribution is 2.30. The van der Waals surface area contributed by atoms with Crippen molar-refractivity contribution in [3.63, 3.8) is 0 Å². The lowest BCUT2D eigenvalue weighted by molar-refractivity contribution is -0.347. The summed E-state index contributed by atoms with van der Waals surface area (Å²) >= 11 is 1.61. The molecule has 10 atom stereocenters. The number of ether oxygens (including phenoxy) is 3. The molecule has 0 unspecified atom stereocenters. The molecule has 33 heavy (non-hydrogen) atoms. The molecule has 0 saturated carbocycles. The first-order valence-electron chi connectivity index (χ1n) is 10.8. The van der Waals surface area contributed by atoms with E-state index in [1.807, 2.05) is 0 Å². The second-order valence-electron chi connectivity index (χ2n) is 7.99. The van der Waals surface area contributed by atoms with Gasteiger partial charge in [0.25, 0.3) is 0 Å². The Balaban J connectivity index is 2.10. The van der Waals surface area contributed by atoms with Crippen molar-refractivity contribution in [1.82, 2.24) is 4.90 Å². The van der Waals surface area contributed by atoms with Gasteiger partial charge in [-0.05, 0) is 12.2 Å². The molecule has 0 radical (unpaired) electrons. The van der Waals surface area contributed by atoms with Crippen LogP contribution in [-0.2, 0) is 19.0 Å². The van der Waals surface area contributed by atoms with E-state index in [9.17, 15) is 40.5 Å². The predicted molar refractivity (Wildman–Crippen MR) is 115 cm³/mol. The summed E-state index contributed by atoms with van der Waals surface area (Å²) < 4.78 is 16.5. The smallest absolute Gasteiger partial charge is 0.221 e. The van der Waals surface area contributed by atoms with Crippen LogP contribution in [0.2, 0.25) is 0 Å². The molecule has 0 aromatic heterocycles. The number of thioether (sulfide) groups is 1. The van der Waals surface area contributed by atoms with Crippen LogP contribution in [0.25, 0.3) is 0 Å². The van der Waals surface area contributed by atoms with E-state index in [2.05, 4.69) is 0 Å². The van der Waals surface area contributed by atoms with E-state index < -0.39 is 80.5 Å². The lowest BCUT2D eigenvalue weighted by Crippen LogP contribution is -2.67. The van der Waals surface area contributed by atoms with Gasteiger partial charge in [0.05, 0.1) is 13.2 Å². The predicted octanol–water partition coefficient (Wildman–Crippen LogP) is -4.46. The van der Waals surface area contributed by atoms with Gasteiger partial charge in [0, 0.05) is 25.8 Å². The third-order valence-corrected chi connectivity index (χ3v) is 6.74. The van der Waals surface area contributed by atoms with Crippen LogP contribution >= 0.6 is 11.8 Å². The summed E-state index contributed by atoms with van der Waals surface area (Å²) in [5, 5.41) is 70.5. The third-order valence-electron chi connectivity index (χ3n) is 5.64. The molecule has 2 aliphatic heterocycles. The van der Waals surface area contributed by atoms with Gasteiger partial charge >= 0.3 is 0 Å². The summed E-state index contributed by atoms with van der Waals surface area (Å²) in [5.74, 6) is 1.09. The average molecular weight is 501 g/mol. The lowest BCUT2D eigenvalue weighted by Gasteiger charge is -2.48. The van der Waals surface area contributed by atoms with Crippen LogP contribution in [0.5, 0.6) is 0 Å². The quantitative estimate of drug-likeness (QED) is 0.126. The third kappa shape index (κ3) is 6.96. The normalized spacial score (nSPS) is 39.4. The Morgan fingerprint density at radius 1 is 0.939 bits per heavy atom. The molecule has 2 rings (SSSR count). The Hall–Kier alpha value is -0.620. The van der Waals surface area contributed by atoms with Crippen molar-refractivity contribution in [3.8, 4) is 0 Å². The van der Waals surface area contributed by atoms with Crippen molar-refractivity contribution >= 4 is 17.7 Å². The summed E-state index contributed by atoms with van der Waals surface area (Å²) in [4.78, 5) is 13.4. The van der Waals surface area contributed by atoms with Crippen molar-refractivity contribution in [3.05, 3.63) is 0 Å². The van der Waals surface area contributed by atoms with Crippen LogP contribution in [0.3, 0.4) is 0 Å². The fraction of sp³-hybridized carbons (Fsp3) is 0.947.